The average molecular weight is 433 g/mol. The average Bonchev–Trinajstić information content (AvgIpc) is 3.37. The normalized spacial score (nSPS) is 14.9. The molecule has 0 bridgehead atoms. The van der Waals surface area contributed by atoms with Crippen molar-refractivity contribution < 1.29 is 9.18 Å². The Kier molecular flexibility index (Phi) is 5.18. The highest BCUT2D eigenvalue weighted by Crippen LogP contribution is 2.23. The fourth-order valence-corrected chi connectivity index (χ4v) is 4.12. The Balaban J connectivity index is 1.31. The first kappa shape index (κ1) is 20.3. The molecule has 8 nitrogen and oxygen atoms in total. The topological polar surface area (TPSA) is 71.6 Å². The molecule has 1 amide bonds. The van der Waals surface area contributed by atoms with Crippen LogP contribution in [0.2, 0.25) is 0 Å². The van der Waals surface area contributed by atoms with Crippen LogP contribution in [0.15, 0.2) is 48.8 Å². The summed E-state index contributed by atoms with van der Waals surface area (Å²) in [4.78, 5) is 21.6. The predicted molar refractivity (Wildman–Crippen MR) is 118 cm³/mol. The molecule has 5 rings (SSSR count). The molecular formula is C23H24FN7O. The lowest BCUT2D eigenvalue weighted by Crippen LogP contribution is -2.48. The number of benzene rings is 1. The van der Waals surface area contributed by atoms with Crippen molar-refractivity contribution in [3.05, 3.63) is 71.6 Å². The Bertz CT molecular complexity index is 1290. The van der Waals surface area contributed by atoms with Crippen molar-refractivity contribution in [2.24, 2.45) is 7.05 Å². The van der Waals surface area contributed by atoms with Crippen molar-refractivity contribution in [3.8, 4) is 11.3 Å². The van der Waals surface area contributed by atoms with Gasteiger partial charge in [-0.25, -0.2) is 13.9 Å². The maximum Gasteiger partial charge on any atom is 0.274 e. The molecular weight excluding hydrogens is 409 g/mol. The smallest absolute Gasteiger partial charge is 0.274 e. The Hall–Kier alpha value is -3.59. The number of aromatic nitrogens is 5. The first-order valence-electron chi connectivity index (χ1n) is 10.6. The molecule has 32 heavy (non-hydrogen) atoms. The number of rotatable bonds is 4. The minimum Gasteiger partial charge on any atom is -0.335 e. The van der Waals surface area contributed by atoms with E-state index in [1.807, 2.05) is 31.0 Å². The van der Waals surface area contributed by atoms with Crippen molar-refractivity contribution >= 4 is 11.6 Å². The maximum absolute atomic E-state index is 13.4. The SMILES string of the molecule is Cc1c(-c2ccnc3cc(C(=O)N4CCN(Cc5cccc(F)c5)CC4)nn23)cnn1C. The summed E-state index contributed by atoms with van der Waals surface area (Å²) in [5.74, 6) is -0.326. The number of amides is 1. The zero-order valence-electron chi connectivity index (χ0n) is 18.1. The largest absolute Gasteiger partial charge is 0.335 e. The van der Waals surface area contributed by atoms with Crippen molar-refractivity contribution in [1.29, 1.82) is 0 Å². The molecule has 1 saturated heterocycles. The van der Waals surface area contributed by atoms with Crippen LogP contribution in [0, 0.1) is 12.7 Å². The Morgan fingerprint density at radius 1 is 1.12 bits per heavy atom. The van der Waals surface area contributed by atoms with E-state index in [-0.39, 0.29) is 11.7 Å². The first-order chi connectivity index (χ1) is 15.5. The van der Waals surface area contributed by atoms with Crippen molar-refractivity contribution in [2.45, 2.75) is 13.5 Å². The van der Waals surface area contributed by atoms with Gasteiger partial charge in [0.2, 0.25) is 0 Å². The Morgan fingerprint density at radius 3 is 2.66 bits per heavy atom. The second-order valence-corrected chi connectivity index (χ2v) is 8.10. The molecule has 0 saturated carbocycles. The molecule has 0 N–H and O–H groups in total. The summed E-state index contributed by atoms with van der Waals surface area (Å²) in [5.41, 5.74) is 4.75. The Morgan fingerprint density at radius 2 is 1.94 bits per heavy atom. The number of carbonyl (C=O) groups is 1. The number of piperazine rings is 1. The van der Waals surface area contributed by atoms with E-state index in [1.54, 1.807) is 39.8 Å². The molecule has 0 atom stereocenters. The molecule has 9 heteroatoms. The fourth-order valence-electron chi connectivity index (χ4n) is 4.12. The molecule has 0 spiro atoms. The standard InChI is InChI=1S/C23H24FN7O/c1-16-19(14-26-28(16)2)21-6-7-25-22-13-20(27-31(21)22)23(32)30-10-8-29(9-11-30)15-17-4-3-5-18(24)12-17/h3-7,12-14H,8-11,15H2,1-2H3. The summed E-state index contributed by atoms with van der Waals surface area (Å²) in [5, 5.41) is 8.89. The van der Waals surface area contributed by atoms with E-state index in [0.717, 1.165) is 35.6 Å². The van der Waals surface area contributed by atoms with Gasteiger partial charge >= 0.3 is 0 Å². The van der Waals surface area contributed by atoms with Crippen LogP contribution in [0.1, 0.15) is 21.7 Å². The van der Waals surface area contributed by atoms with Crippen molar-refractivity contribution in [2.75, 3.05) is 26.2 Å². The van der Waals surface area contributed by atoms with Crippen LogP contribution in [-0.2, 0) is 13.6 Å². The quantitative estimate of drug-likeness (QED) is 0.495. The predicted octanol–water partition coefficient (Wildman–Crippen LogP) is 2.54. The second kappa shape index (κ2) is 8.16. The highest BCUT2D eigenvalue weighted by atomic mass is 19.1. The van der Waals surface area contributed by atoms with E-state index >= 15 is 0 Å². The van der Waals surface area contributed by atoms with Gasteiger partial charge in [0.1, 0.15) is 5.82 Å². The third-order valence-electron chi connectivity index (χ3n) is 6.04. The lowest BCUT2D eigenvalue weighted by Gasteiger charge is -2.34. The number of fused-ring (bicyclic) bond motifs is 1. The number of halogens is 1. The molecule has 1 aromatic carbocycles. The van der Waals surface area contributed by atoms with E-state index < -0.39 is 0 Å². The minimum absolute atomic E-state index is 0.102. The highest BCUT2D eigenvalue weighted by Gasteiger charge is 2.25. The third kappa shape index (κ3) is 3.75. The molecule has 164 valence electrons. The summed E-state index contributed by atoms with van der Waals surface area (Å²) < 4.78 is 16.9. The van der Waals surface area contributed by atoms with Gasteiger partial charge in [-0.1, -0.05) is 12.1 Å². The van der Waals surface area contributed by atoms with Crippen LogP contribution in [-0.4, -0.2) is 66.3 Å². The lowest BCUT2D eigenvalue weighted by atomic mass is 10.2. The van der Waals surface area contributed by atoms with Gasteiger partial charge in [-0.3, -0.25) is 14.4 Å². The Labute approximate surface area is 184 Å². The molecule has 4 aromatic rings. The van der Waals surface area contributed by atoms with Crippen LogP contribution in [0.5, 0.6) is 0 Å². The third-order valence-corrected chi connectivity index (χ3v) is 6.04. The second-order valence-electron chi connectivity index (χ2n) is 8.10. The highest BCUT2D eigenvalue weighted by molar-refractivity contribution is 5.93. The van der Waals surface area contributed by atoms with Gasteiger partial charge in [-0.05, 0) is 30.7 Å². The van der Waals surface area contributed by atoms with Gasteiger partial charge in [0.25, 0.3) is 5.91 Å². The molecule has 1 aliphatic rings. The molecule has 1 aliphatic heterocycles. The van der Waals surface area contributed by atoms with Gasteiger partial charge in [0.05, 0.1) is 11.9 Å². The van der Waals surface area contributed by atoms with Crippen LogP contribution in [0.4, 0.5) is 4.39 Å². The van der Waals surface area contributed by atoms with E-state index in [1.165, 1.54) is 6.07 Å². The van der Waals surface area contributed by atoms with Gasteiger partial charge in [-0.15, -0.1) is 0 Å². The molecule has 3 aromatic heterocycles. The zero-order chi connectivity index (χ0) is 22.2. The van der Waals surface area contributed by atoms with Crippen LogP contribution in [0.25, 0.3) is 16.9 Å². The van der Waals surface area contributed by atoms with Crippen LogP contribution >= 0.6 is 0 Å². The number of nitrogens with zero attached hydrogens (tertiary/aromatic N) is 7. The summed E-state index contributed by atoms with van der Waals surface area (Å²) >= 11 is 0. The van der Waals surface area contributed by atoms with Crippen LogP contribution < -0.4 is 0 Å². The van der Waals surface area contributed by atoms with Gasteiger partial charge < -0.3 is 4.90 Å². The number of carbonyl (C=O) groups excluding carboxylic acids is 1. The number of hydrogen-bond acceptors (Lipinski definition) is 5. The molecule has 1 fully saturated rings. The lowest BCUT2D eigenvalue weighted by molar-refractivity contribution is 0.0622. The van der Waals surface area contributed by atoms with E-state index in [9.17, 15) is 9.18 Å². The van der Waals surface area contributed by atoms with Gasteiger partial charge in [-0.2, -0.15) is 10.2 Å². The number of aryl methyl sites for hydroxylation is 1. The summed E-state index contributed by atoms with van der Waals surface area (Å²) in [6.45, 7) is 5.33. The zero-order valence-corrected chi connectivity index (χ0v) is 18.1. The van der Waals surface area contributed by atoms with E-state index in [4.69, 9.17) is 0 Å². The molecule has 0 unspecified atom stereocenters. The maximum atomic E-state index is 13.4. The summed E-state index contributed by atoms with van der Waals surface area (Å²) in [7, 11) is 1.89. The van der Waals surface area contributed by atoms with E-state index in [2.05, 4.69) is 20.1 Å². The fraction of sp³-hybridized carbons (Fsp3) is 0.304. The summed E-state index contributed by atoms with van der Waals surface area (Å²) in [6, 6.07) is 10.3. The summed E-state index contributed by atoms with van der Waals surface area (Å²) in [6.07, 6.45) is 3.52. The minimum atomic E-state index is -0.224. The van der Waals surface area contributed by atoms with Crippen molar-refractivity contribution in [1.82, 2.24) is 34.2 Å². The molecule has 4 heterocycles. The monoisotopic (exact) mass is 433 g/mol. The van der Waals surface area contributed by atoms with Crippen LogP contribution in [0.3, 0.4) is 0 Å². The first-order valence-corrected chi connectivity index (χ1v) is 10.6. The van der Waals surface area contributed by atoms with E-state index in [0.29, 0.717) is 31.0 Å². The number of hydrogen-bond donors (Lipinski definition) is 0. The molecule has 0 radical (unpaired) electrons. The van der Waals surface area contributed by atoms with Crippen molar-refractivity contribution in [3.63, 3.8) is 0 Å². The van der Waals surface area contributed by atoms with Gasteiger partial charge in [0.15, 0.2) is 11.3 Å². The molecule has 0 aliphatic carbocycles. The van der Waals surface area contributed by atoms with Gasteiger partial charge in [0, 0.05) is 63.3 Å².